The molecule has 0 unspecified atom stereocenters. The number of hydrogen-bond donors (Lipinski definition) is 1. The Hall–Kier alpha value is -1.40. The van der Waals surface area contributed by atoms with Gasteiger partial charge in [0.2, 0.25) is 5.91 Å². The molecule has 1 atom stereocenters. The molecule has 6 heteroatoms. The number of benzene rings is 1. The SMILES string of the molecule is CCSC[C@H](C)N(C)CC(=O)NCc1ccc(OC)c(OC)c1. The van der Waals surface area contributed by atoms with Gasteiger partial charge in [0.1, 0.15) is 0 Å². The zero-order valence-electron chi connectivity index (χ0n) is 14.7. The number of carbonyl (C=O) groups excluding carboxylic acids is 1. The van der Waals surface area contributed by atoms with Crippen LogP contribution in [0.5, 0.6) is 11.5 Å². The molecule has 130 valence electrons. The van der Waals surface area contributed by atoms with Crippen LogP contribution in [-0.2, 0) is 11.3 Å². The molecule has 0 spiro atoms. The predicted molar refractivity (Wildman–Crippen MR) is 96.5 cm³/mol. The molecule has 1 amide bonds. The molecule has 0 fully saturated rings. The molecule has 1 N–H and O–H groups in total. The summed E-state index contributed by atoms with van der Waals surface area (Å²) in [4.78, 5) is 14.1. The molecular formula is C17H28N2O3S. The molecule has 0 saturated heterocycles. The van der Waals surface area contributed by atoms with Gasteiger partial charge >= 0.3 is 0 Å². The maximum absolute atomic E-state index is 12.1. The highest BCUT2D eigenvalue weighted by Crippen LogP contribution is 2.27. The minimum atomic E-state index is 0.0237. The third-order valence-electron chi connectivity index (χ3n) is 3.65. The van der Waals surface area contributed by atoms with Crippen LogP contribution in [0.1, 0.15) is 19.4 Å². The van der Waals surface area contributed by atoms with Crippen LogP contribution in [0.4, 0.5) is 0 Å². The molecule has 0 aliphatic heterocycles. The van der Waals surface area contributed by atoms with E-state index in [1.807, 2.05) is 37.0 Å². The van der Waals surface area contributed by atoms with E-state index in [2.05, 4.69) is 24.1 Å². The molecule has 1 rings (SSSR count). The largest absolute Gasteiger partial charge is 0.493 e. The second-order valence-electron chi connectivity index (χ2n) is 5.39. The quantitative estimate of drug-likeness (QED) is 0.709. The first kappa shape index (κ1) is 19.6. The van der Waals surface area contributed by atoms with Crippen molar-refractivity contribution in [3.8, 4) is 11.5 Å². The average molecular weight is 340 g/mol. The molecular weight excluding hydrogens is 312 g/mol. The molecule has 23 heavy (non-hydrogen) atoms. The Labute approximate surface area is 143 Å². The van der Waals surface area contributed by atoms with Crippen LogP contribution in [0, 0.1) is 0 Å². The second-order valence-corrected chi connectivity index (χ2v) is 6.71. The Morgan fingerprint density at radius 2 is 2.00 bits per heavy atom. The first-order valence-electron chi connectivity index (χ1n) is 7.77. The van der Waals surface area contributed by atoms with Crippen LogP contribution in [0.15, 0.2) is 18.2 Å². The fourth-order valence-electron chi connectivity index (χ4n) is 2.05. The molecule has 0 radical (unpaired) electrons. The van der Waals surface area contributed by atoms with Crippen molar-refractivity contribution in [3.63, 3.8) is 0 Å². The van der Waals surface area contributed by atoms with Crippen molar-refractivity contribution in [2.75, 3.05) is 39.3 Å². The predicted octanol–water partition coefficient (Wildman–Crippen LogP) is 2.39. The number of thioether (sulfide) groups is 1. The van der Waals surface area contributed by atoms with Gasteiger partial charge in [-0.05, 0) is 37.4 Å². The Bertz CT molecular complexity index is 497. The van der Waals surface area contributed by atoms with E-state index in [0.717, 1.165) is 17.1 Å². The van der Waals surface area contributed by atoms with Gasteiger partial charge in [0, 0.05) is 18.3 Å². The van der Waals surface area contributed by atoms with Gasteiger partial charge in [-0.15, -0.1) is 0 Å². The van der Waals surface area contributed by atoms with Gasteiger partial charge in [-0.2, -0.15) is 11.8 Å². The van der Waals surface area contributed by atoms with Crippen molar-refractivity contribution in [2.24, 2.45) is 0 Å². The Balaban J connectivity index is 2.46. The number of carbonyl (C=O) groups is 1. The smallest absolute Gasteiger partial charge is 0.234 e. The average Bonchev–Trinajstić information content (AvgIpc) is 2.57. The van der Waals surface area contributed by atoms with E-state index in [1.165, 1.54) is 0 Å². The first-order chi connectivity index (χ1) is 11.0. The fraction of sp³-hybridized carbons (Fsp3) is 0.588. The Kier molecular flexibility index (Phi) is 8.87. The van der Waals surface area contributed by atoms with E-state index in [0.29, 0.717) is 30.6 Å². The summed E-state index contributed by atoms with van der Waals surface area (Å²) < 4.78 is 10.5. The molecule has 0 heterocycles. The van der Waals surface area contributed by atoms with E-state index in [4.69, 9.17) is 9.47 Å². The number of hydrogen-bond acceptors (Lipinski definition) is 5. The normalized spacial score (nSPS) is 12.1. The van der Waals surface area contributed by atoms with E-state index in [1.54, 1.807) is 14.2 Å². The van der Waals surface area contributed by atoms with Crippen LogP contribution in [0.25, 0.3) is 0 Å². The summed E-state index contributed by atoms with van der Waals surface area (Å²) in [6.45, 7) is 5.17. The number of rotatable bonds is 10. The highest BCUT2D eigenvalue weighted by Gasteiger charge is 2.13. The summed E-state index contributed by atoms with van der Waals surface area (Å²) >= 11 is 1.89. The van der Waals surface area contributed by atoms with Crippen molar-refractivity contribution in [3.05, 3.63) is 23.8 Å². The monoisotopic (exact) mass is 340 g/mol. The van der Waals surface area contributed by atoms with Gasteiger partial charge in [0.15, 0.2) is 11.5 Å². The fourth-order valence-corrected chi connectivity index (χ4v) is 2.88. The second kappa shape index (κ2) is 10.4. The number of nitrogens with one attached hydrogen (secondary N) is 1. The van der Waals surface area contributed by atoms with E-state index in [-0.39, 0.29) is 5.91 Å². The van der Waals surface area contributed by atoms with Crippen LogP contribution in [0.2, 0.25) is 0 Å². The zero-order chi connectivity index (χ0) is 17.2. The van der Waals surface area contributed by atoms with Gasteiger partial charge in [-0.1, -0.05) is 13.0 Å². The lowest BCUT2D eigenvalue weighted by atomic mass is 10.2. The minimum absolute atomic E-state index is 0.0237. The molecule has 5 nitrogen and oxygen atoms in total. The van der Waals surface area contributed by atoms with E-state index in [9.17, 15) is 4.79 Å². The van der Waals surface area contributed by atoms with E-state index < -0.39 is 0 Å². The summed E-state index contributed by atoms with van der Waals surface area (Å²) in [5, 5.41) is 2.95. The van der Waals surface area contributed by atoms with Crippen LogP contribution >= 0.6 is 11.8 Å². The molecule has 0 bridgehead atoms. The molecule has 0 saturated carbocycles. The number of ether oxygens (including phenoxy) is 2. The van der Waals surface area contributed by atoms with Crippen LogP contribution < -0.4 is 14.8 Å². The maximum atomic E-state index is 12.1. The van der Waals surface area contributed by atoms with Crippen LogP contribution in [0.3, 0.4) is 0 Å². The number of likely N-dealkylation sites (N-methyl/N-ethyl adjacent to an activating group) is 1. The zero-order valence-corrected chi connectivity index (χ0v) is 15.5. The van der Waals surface area contributed by atoms with Crippen molar-refractivity contribution >= 4 is 17.7 Å². The molecule has 1 aromatic carbocycles. The summed E-state index contributed by atoms with van der Waals surface area (Å²) in [6.07, 6.45) is 0. The van der Waals surface area contributed by atoms with Gasteiger partial charge in [0.25, 0.3) is 0 Å². The highest BCUT2D eigenvalue weighted by molar-refractivity contribution is 7.99. The van der Waals surface area contributed by atoms with Gasteiger partial charge in [-0.3, -0.25) is 9.69 Å². The molecule has 0 aliphatic carbocycles. The molecule has 0 aromatic heterocycles. The van der Waals surface area contributed by atoms with Crippen molar-refractivity contribution < 1.29 is 14.3 Å². The Morgan fingerprint density at radius 1 is 1.30 bits per heavy atom. The number of nitrogens with zero attached hydrogens (tertiary/aromatic N) is 1. The third kappa shape index (κ3) is 6.71. The Morgan fingerprint density at radius 3 is 2.61 bits per heavy atom. The first-order valence-corrected chi connectivity index (χ1v) is 8.92. The summed E-state index contributed by atoms with van der Waals surface area (Å²) in [7, 11) is 5.19. The van der Waals surface area contributed by atoms with E-state index >= 15 is 0 Å². The van der Waals surface area contributed by atoms with Crippen molar-refractivity contribution in [2.45, 2.75) is 26.4 Å². The number of amides is 1. The van der Waals surface area contributed by atoms with Crippen LogP contribution in [-0.4, -0.2) is 56.2 Å². The maximum Gasteiger partial charge on any atom is 0.234 e. The molecule has 0 aliphatic rings. The lowest BCUT2D eigenvalue weighted by molar-refractivity contribution is -0.122. The lowest BCUT2D eigenvalue weighted by Crippen LogP contribution is -2.40. The molecule has 1 aromatic rings. The van der Waals surface area contributed by atoms with Gasteiger partial charge in [0.05, 0.1) is 20.8 Å². The third-order valence-corrected chi connectivity index (χ3v) is 4.77. The van der Waals surface area contributed by atoms with Gasteiger partial charge < -0.3 is 14.8 Å². The number of methoxy groups -OCH3 is 2. The topological polar surface area (TPSA) is 50.8 Å². The lowest BCUT2D eigenvalue weighted by Gasteiger charge is -2.23. The standard InChI is InChI=1S/C17H28N2O3S/c1-6-23-12-13(2)19(3)11-17(20)18-10-14-7-8-15(21-4)16(9-14)22-5/h7-9,13H,6,10-12H2,1-5H3,(H,18,20)/t13-/m0/s1. The summed E-state index contributed by atoms with van der Waals surface area (Å²) in [6, 6.07) is 6.03. The summed E-state index contributed by atoms with van der Waals surface area (Å²) in [5.74, 6) is 3.52. The van der Waals surface area contributed by atoms with Crippen molar-refractivity contribution in [1.82, 2.24) is 10.2 Å². The van der Waals surface area contributed by atoms with Crippen molar-refractivity contribution in [1.29, 1.82) is 0 Å². The van der Waals surface area contributed by atoms with Gasteiger partial charge in [-0.25, -0.2) is 0 Å². The summed E-state index contributed by atoms with van der Waals surface area (Å²) in [5.41, 5.74) is 0.980. The highest BCUT2D eigenvalue weighted by atomic mass is 32.2. The minimum Gasteiger partial charge on any atom is -0.493 e.